The lowest BCUT2D eigenvalue weighted by Crippen LogP contribution is -2.19. The van der Waals surface area contributed by atoms with Gasteiger partial charge in [-0.1, -0.05) is 19.1 Å². The number of hydrogen-bond donors (Lipinski definition) is 1. The normalized spacial score (nSPS) is 10.4. The summed E-state index contributed by atoms with van der Waals surface area (Å²) in [6.45, 7) is 3.69. The molecule has 0 fully saturated rings. The molecule has 0 atom stereocenters. The number of benzene rings is 1. The lowest BCUT2D eigenvalue weighted by molar-refractivity contribution is 0.176. The first-order chi connectivity index (χ1) is 7.81. The average molecular weight is 223 g/mol. The summed E-state index contributed by atoms with van der Waals surface area (Å²) in [6.07, 6.45) is 2.02. The molecule has 0 heterocycles. The summed E-state index contributed by atoms with van der Waals surface area (Å²) < 4.78 is 10.2. The molecule has 1 aromatic carbocycles. The lowest BCUT2D eigenvalue weighted by Gasteiger charge is -2.09. The van der Waals surface area contributed by atoms with Crippen molar-refractivity contribution in [2.45, 2.75) is 19.8 Å². The highest BCUT2D eigenvalue weighted by Crippen LogP contribution is 2.20. The molecule has 0 radical (unpaired) electrons. The van der Waals surface area contributed by atoms with Gasteiger partial charge in [-0.2, -0.15) is 0 Å². The second-order valence-electron chi connectivity index (χ2n) is 3.68. The predicted molar refractivity (Wildman–Crippen MR) is 66.0 cm³/mol. The molecule has 3 heteroatoms. The fourth-order valence-corrected chi connectivity index (χ4v) is 1.67. The Hall–Kier alpha value is -1.06. The van der Waals surface area contributed by atoms with Gasteiger partial charge in [-0.15, -0.1) is 0 Å². The highest BCUT2D eigenvalue weighted by molar-refractivity contribution is 5.37. The lowest BCUT2D eigenvalue weighted by atomic mass is 10.1. The smallest absolute Gasteiger partial charge is 0.122 e. The molecule has 0 saturated heterocycles. The minimum Gasteiger partial charge on any atom is -0.496 e. The molecule has 0 unspecified atom stereocenters. The summed E-state index contributed by atoms with van der Waals surface area (Å²) in [4.78, 5) is 0. The SMILES string of the molecule is CCc1cc(CCNCOC)ccc1OC. The molecule has 0 aromatic heterocycles. The summed E-state index contributed by atoms with van der Waals surface area (Å²) in [7, 11) is 3.41. The zero-order valence-electron chi connectivity index (χ0n) is 10.4. The van der Waals surface area contributed by atoms with E-state index in [1.807, 2.05) is 6.07 Å². The van der Waals surface area contributed by atoms with Crippen LogP contribution < -0.4 is 10.1 Å². The first kappa shape index (κ1) is 13.0. The van der Waals surface area contributed by atoms with E-state index in [2.05, 4.69) is 24.4 Å². The van der Waals surface area contributed by atoms with Crippen LogP contribution in [-0.4, -0.2) is 27.5 Å². The van der Waals surface area contributed by atoms with Gasteiger partial charge in [0.2, 0.25) is 0 Å². The summed E-state index contributed by atoms with van der Waals surface area (Å²) >= 11 is 0. The standard InChI is InChI=1S/C13H21NO2/c1-4-12-9-11(5-6-13(12)16-3)7-8-14-10-15-2/h5-6,9,14H,4,7-8,10H2,1-3H3. The van der Waals surface area contributed by atoms with Crippen LogP contribution in [0.2, 0.25) is 0 Å². The quantitative estimate of drug-likeness (QED) is 0.566. The van der Waals surface area contributed by atoms with Crippen LogP contribution in [0.1, 0.15) is 18.1 Å². The number of methoxy groups -OCH3 is 2. The number of nitrogens with one attached hydrogen (secondary N) is 1. The van der Waals surface area contributed by atoms with E-state index in [0.717, 1.165) is 25.1 Å². The Bertz CT molecular complexity index is 313. The van der Waals surface area contributed by atoms with Crippen molar-refractivity contribution in [1.29, 1.82) is 0 Å². The van der Waals surface area contributed by atoms with E-state index in [1.165, 1.54) is 11.1 Å². The largest absolute Gasteiger partial charge is 0.496 e. The minimum absolute atomic E-state index is 0.608. The minimum atomic E-state index is 0.608. The van der Waals surface area contributed by atoms with Gasteiger partial charge in [0, 0.05) is 13.7 Å². The molecule has 0 aliphatic rings. The molecule has 0 saturated carbocycles. The summed E-state index contributed by atoms with van der Waals surface area (Å²) in [5.41, 5.74) is 2.60. The van der Waals surface area contributed by atoms with Crippen molar-refractivity contribution in [3.63, 3.8) is 0 Å². The van der Waals surface area contributed by atoms with E-state index in [-0.39, 0.29) is 0 Å². The maximum absolute atomic E-state index is 5.30. The molecule has 1 N–H and O–H groups in total. The van der Waals surface area contributed by atoms with Gasteiger partial charge in [-0.25, -0.2) is 0 Å². The van der Waals surface area contributed by atoms with Crippen molar-refractivity contribution in [3.05, 3.63) is 29.3 Å². The van der Waals surface area contributed by atoms with Gasteiger partial charge in [0.1, 0.15) is 5.75 Å². The van der Waals surface area contributed by atoms with Gasteiger partial charge < -0.3 is 9.47 Å². The number of hydrogen-bond acceptors (Lipinski definition) is 3. The van der Waals surface area contributed by atoms with Crippen LogP contribution in [0.5, 0.6) is 5.75 Å². The van der Waals surface area contributed by atoms with Gasteiger partial charge in [-0.3, -0.25) is 5.32 Å². The van der Waals surface area contributed by atoms with Gasteiger partial charge in [-0.05, 0) is 30.0 Å². The maximum Gasteiger partial charge on any atom is 0.122 e. The first-order valence-corrected chi connectivity index (χ1v) is 5.67. The summed E-state index contributed by atoms with van der Waals surface area (Å²) in [5.74, 6) is 0.983. The van der Waals surface area contributed by atoms with E-state index in [4.69, 9.17) is 9.47 Å². The molecule has 0 spiro atoms. The van der Waals surface area contributed by atoms with Crippen LogP contribution in [-0.2, 0) is 17.6 Å². The average Bonchev–Trinajstić information content (AvgIpc) is 2.34. The number of aryl methyl sites for hydroxylation is 1. The molecule has 0 amide bonds. The summed E-state index contributed by atoms with van der Waals surface area (Å²) in [6, 6.07) is 6.38. The fraction of sp³-hybridized carbons (Fsp3) is 0.538. The van der Waals surface area contributed by atoms with Crippen LogP contribution in [0.25, 0.3) is 0 Å². The molecule has 1 aromatic rings. The topological polar surface area (TPSA) is 30.5 Å². The van der Waals surface area contributed by atoms with Gasteiger partial charge in [0.15, 0.2) is 0 Å². The zero-order valence-corrected chi connectivity index (χ0v) is 10.4. The third-order valence-corrected chi connectivity index (χ3v) is 2.56. The van der Waals surface area contributed by atoms with E-state index >= 15 is 0 Å². The fourth-order valence-electron chi connectivity index (χ4n) is 1.67. The number of ether oxygens (including phenoxy) is 2. The molecular weight excluding hydrogens is 202 g/mol. The highest BCUT2D eigenvalue weighted by Gasteiger charge is 2.02. The van der Waals surface area contributed by atoms with Crippen molar-refractivity contribution >= 4 is 0 Å². The Balaban J connectivity index is 2.54. The van der Waals surface area contributed by atoms with Gasteiger partial charge in [0.25, 0.3) is 0 Å². The first-order valence-electron chi connectivity index (χ1n) is 5.67. The molecule has 0 aliphatic carbocycles. The van der Waals surface area contributed by atoms with Crippen molar-refractivity contribution in [2.75, 3.05) is 27.5 Å². The van der Waals surface area contributed by atoms with Crippen molar-refractivity contribution in [2.24, 2.45) is 0 Å². The third kappa shape index (κ3) is 3.83. The van der Waals surface area contributed by atoms with Crippen LogP contribution >= 0.6 is 0 Å². The zero-order chi connectivity index (χ0) is 11.8. The van der Waals surface area contributed by atoms with Gasteiger partial charge >= 0.3 is 0 Å². The Labute approximate surface area is 97.8 Å². The van der Waals surface area contributed by atoms with Crippen LogP contribution in [0.4, 0.5) is 0 Å². The Kier molecular flexibility index (Phi) is 5.90. The van der Waals surface area contributed by atoms with Crippen molar-refractivity contribution in [1.82, 2.24) is 5.32 Å². The third-order valence-electron chi connectivity index (χ3n) is 2.56. The monoisotopic (exact) mass is 223 g/mol. The van der Waals surface area contributed by atoms with E-state index in [9.17, 15) is 0 Å². The van der Waals surface area contributed by atoms with Crippen molar-refractivity contribution in [3.8, 4) is 5.75 Å². The molecule has 0 aliphatic heterocycles. The van der Waals surface area contributed by atoms with E-state index in [0.29, 0.717) is 6.73 Å². The molecule has 3 nitrogen and oxygen atoms in total. The Morgan fingerprint density at radius 1 is 1.25 bits per heavy atom. The Morgan fingerprint density at radius 3 is 2.69 bits per heavy atom. The second-order valence-corrected chi connectivity index (χ2v) is 3.68. The van der Waals surface area contributed by atoms with Crippen molar-refractivity contribution < 1.29 is 9.47 Å². The summed E-state index contributed by atoms with van der Waals surface area (Å²) in [5, 5.41) is 3.20. The molecule has 0 bridgehead atoms. The van der Waals surface area contributed by atoms with E-state index in [1.54, 1.807) is 14.2 Å². The van der Waals surface area contributed by atoms with Crippen LogP contribution in [0.15, 0.2) is 18.2 Å². The van der Waals surface area contributed by atoms with Gasteiger partial charge in [0.05, 0.1) is 13.8 Å². The maximum atomic E-state index is 5.30. The van der Waals surface area contributed by atoms with Crippen LogP contribution in [0, 0.1) is 0 Å². The highest BCUT2D eigenvalue weighted by atomic mass is 16.5. The molecular formula is C13H21NO2. The van der Waals surface area contributed by atoms with Crippen LogP contribution in [0.3, 0.4) is 0 Å². The molecule has 90 valence electrons. The second kappa shape index (κ2) is 7.25. The van der Waals surface area contributed by atoms with E-state index < -0.39 is 0 Å². The molecule has 16 heavy (non-hydrogen) atoms. The number of rotatable bonds is 7. The molecule has 1 rings (SSSR count). The predicted octanol–water partition coefficient (Wildman–Crippen LogP) is 1.99. The Morgan fingerprint density at radius 2 is 2.06 bits per heavy atom.